The van der Waals surface area contributed by atoms with Gasteiger partial charge in [0, 0.05) is 42.9 Å². The van der Waals surface area contributed by atoms with E-state index >= 15 is 0 Å². The minimum absolute atomic E-state index is 0.203. The SMILES string of the molecule is N#Cc1ccc(N2CCC(c3cn(Cc4ccc(F)cc4)c4ccccc34)CC2)nc1. The number of nitriles is 1. The van der Waals surface area contributed by atoms with Crippen LogP contribution in [0.4, 0.5) is 10.2 Å². The molecule has 1 saturated heterocycles. The second-order valence-corrected chi connectivity index (χ2v) is 8.13. The van der Waals surface area contributed by atoms with Gasteiger partial charge in [0.2, 0.25) is 0 Å². The zero-order valence-electron chi connectivity index (χ0n) is 17.2. The lowest BCUT2D eigenvalue weighted by atomic mass is 9.89. The molecule has 2 aromatic heterocycles. The van der Waals surface area contributed by atoms with Crippen molar-refractivity contribution in [2.45, 2.75) is 25.3 Å². The van der Waals surface area contributed by atoms with Crippen LogP contribution in [0.1, 0.15) is 35.4 Å². The summed E-state index contributed by atoms with van der Waals surface area (Å²) in [6, 6.07) is 21.2. The molecule has 1 aliphatic heterocycles. The van der Waals surface area contributed by atoms with Crippen LogP contribution in [-0.2, 0) is 6.54 Å². The summed E-state index contributed by atoms with van der Waals surface area (Å²) < 4.78 is 15.6. The summed E-state index contributed by atoms with van der Waals surface area (Å²) in [7, 11) is 0. The third-order valence-corrected chi connectivity index (χ3v) is 6.22. The smallest absolute Gasteiger partial charge is 0.128 e. The van der Waals surface area contributed by atoms with Crippen LogP contribution in [0.2, 0.25) is 0 Å². The lowest BCUT2D eigenvalue weighted by molar-refractivity contribution is 0.504. The Balaban J connectivity index is 1.37. The van der Waals surface area contributed by atoms with Crippen LogP contribution >= 0.6 is 0 Å². The molecular weight excluding hydrogens is 387 g/mol. The van der Waals surface area contributed by atoms with E-state index in [2.05, 4.69) is 51.0 Å². The summed E-state index contributed by atoms with van der Waals surface area (Å²) in [4.78, 5) is 6.75. The first kappa shape index (κ1) is 19.3. The van der Waals surface area contributed by atoms with E-state index in [0.29, 0.717) is 11.5 Å². The molecule has 0 spiro atoms. The van der Waals surface area contributed by atoms with Gasteiger partial charge in [-0.05, 0) is 60.2 Å². The molecule has 154 valence electrons. The lowest BCUT2D eigenvalue weighted by Crippen LogP contribution is -2.33. The molecule has 0 unspecified atom stereocenters. The van der Waals surface area contributed by atoms with Crippen molar-refractivity contribution in [2.75, 3.05) is 18.0 Å². The molecule has 4 aromatic rings. The van der Waals surface area contributed by atoms with Gasteiger partial charge >= 0.3 is 0 Å². The summed E-state index contributed by atoms with van der Waals surface area (Å²) in [5, 5.41) is 10.3. The molecule has 0 saturated carbocycles. The number of hydrogen-bond acceptors (Lipinski definition) is 3. The van der Waals surface area contributed by atoms with Crippen LogP contribution in [0.3, 0.4) is 0 Å². The molecule has 2 aromatic carbocycles. The van der Waals surface area contributed by atoms with Crippen LogP contribution in [0.15, 0.2) is 73.1 Å². The van der Waals surface area contributed by atoms with Gasteiger partial charge in [-0.2, -0.15) is 5.26 Å². The summed E-state index contributed by atoms with van der Waals surface area (Å²) >= 11 is 0. The fourth-order valence-corrected chi connectivity index (χ4v) is 4.58. The number of halogens is 1. The Morgan fingerprint density at radius 2 is 1.77 bits per heavy atom. The predicted molar refractivity (Wildman–Crippen MR) is 121 cm³/mol. The topological polar surface area (TPSA) is 44.9 Å². The van der Waals surface area contributed by atoms with E-state index in [1.54, 1.807) is 6.20 Å². The Hall–Kier alpha value is -3.65. The van der Waals surface area contributed by atoms with E-state index in [4.69, 9.17) is 5.26 Å². The highest BCUT2D eigenvalue weighted by molar-refractivity contribution is 5.84. The molecule has 1 fully saturated rings. The number of pyridine rings is 1. The first-order chi connectivity index (χ1) is 15.2. The van der Waals surface area contributed by atoms with Crippen molar-refractivity contribution >= 4 is 16.7 Å². The van der Waals surface area contributed by atoms with Crippen LogP contribution in [-0.4, -0.2) is 22.6 Å². The van der Waals surface area contributed by atoms with Gasteiger partial charge in [0.15, 0.2) is 0 Å². The van der Waals surface area contributed by atoms with Gasteiger partial charge in [-0.25, -0.2) is 9.37 Å². The van der Waals surface area contributed by atoms with Crippen molar-refractivity contribution in [3.05, 3.63) is 95.6 Å². The van der Waals surface area contributed by atoms with Gasteiger partial charge in [0.25, 0.3) is 0 Å². The fraction of sp³-hybridized carbons (Fsp3) is 0.231. The van der Waals surface area contributed by atoms with Gasteiger partial charge in [0.05, 0.1) is 5.56 Å². The first-order valence-electron chi connectivity index (χ1n) is 10.6. The molecule has 0 aliphatic carbocycles. The largest absolute Gasteiger partial charge is 0.357 e. The average molecular weight is 410 g/mol. The van der Waals surface area contributed by atoms with Crippen LogP contribution in [0, 0.1) is 17.1 Å². The van der Waals surface area contributed by atoms with E-state index in [1.807, 2.05) is 24.3 Å². The Kier molecular flexibility index (Phi) is 5.13. The molecule has 0 amide bonds. The van der Waals surface area contributed by atoms with E-state index in [9.17, 15) is 4.39 Å². The summed E-state index contributed by atoms with van der Waals surface area (Å²) in [5.74, 6) is 1.23. The zero-order chi connectivity index (χ0) is 21.2. The number of para-hydroxylation sites is 1. The summed E-state index contributed by atoms with van der Waals surface area (Å²) in [6.07, 6.45) is 6.05. The van der Waals surface area contributed by atoms with E-state index in [0.717, 1.165) is 43.9 Å². The number of benzene rings is 2. The first-order valence-corrected chi connectivity index (χ1v) is 10.6. The van der Waals surface area contributed by atoms with Gasteiger partial charge in [0.1, 0.15) is 17.7 Å². The van der Waals surface area contributed by atoms with Gasteiger partial charge < -0.3 is 9.47 Å². The molecule has 3 heterocycles. The maximum absolute atomic E-state index is 13.3. The quantitative estimate of drug-likeness (QED) is 0.448. The molecule has 4 nitrogen and oxygen atoms in total. The lowest BCUT2D eigenvalue weighted by Gasteiger charge is -2.32. The fourth-order valence-electron chi connectivity index (χ4n) is 4.58. The molecule has 0 radical (unpaired) electrons. The molecule has 0 atom stereocenters. The Bertz CT molecular complexity index is 1230. The Labute approximate surface area is 181 Å². The van der Waals surface area contributed by atoms with Gasteiger partial charge in [-0.1, -0.05) is 30.3 Å². The molecule has 0 bridgehead atoms. The van der Waals surface area contributed by atoms with Gasteiger partial charge in [-0.3, -0.25) is 0 Å². The molecule has 31 heavy (non-hydrogen) atoms. The van der Waals surface area contributed by atoms with Crippen LogP contribution in [0.5, 0.6) is 0 Å². The number of piperidine rings is 1. The van der Waals surface area contributed by atoms with Crippen molar-refractivity contribution < 1.29 is 4.39 Å². The number of fused-ring (bicyclic) bond motifs is 1. The second-order valence-electron chi connectivity index (χ2n) is 8.13. The van der Waals surface area contributed by atoms with Crippen molar-refractivity contribution in [3.63, 3.8) is 0 Å². The third-order valence-electron chi connectivity index (χ3n) is 6.22. The van der Waals surface area contributed by atoms with E-state index in [1.165, 1.54) is 28.6 Å². The number of aromatic nitrogens is 2. The normalized spacial score (nSPS) is 14.6. The summed E-state index contributed by atoms with van der Waals surface area (Å²) in [5.41, 5.74) is 4.30. The molecular formula is C26H23FN4. The van der Waals surface area contributed by atoms with E-state index in [-0.39, 0.29) is 5.82 Å². The summed E-state index contributed by atoms with van der Waals surface area (Å²) in [6.45, 7) is 2.62. The van der Waals surface area contributed by atoms with Crippen molar-refractivity contribution in [3.8, 4) is 6.07 Å². The zero-order valence-corrected chi connectivity index (χ0v) is 17.2. The number of anilines is 1. The van der Waals surface area contributed by atoms with Crippen LogP contribution in [0.25, 0.3) is 10.9 Å². The highest BCUT2D eigenvalue weighted by atomic mass is 19.1. The predicted octanol–water partition coefficient (Wildman–Crippen LogP) is 5.48. The maximum atomic E-state index is 13.3. The second kappa shape index (κ2) is 8.23. The third kappa shape index (κ3) is 3.89. The standard InChI is InChI=1S/C26H23FN4/c27-22-8-5-19(6-9-22)17-31-18-24(23-3-1-2-4-25(23)31)21-11-13-30(14-12-21)26-10-7-20(15-28)16-29-26/h1-10,16,18,21H,11-14,17H2. The monoisotopic (exact) mass is 410 g/mol. The van der Waals surface area contributed by atoms with Gasteiger partial charge in [-0.15, -0.1) is 0 Å². The maximum Gasteiger partial charge on any atom is 0.128 e. The number of rotatable bonds is 4. The van der Waals surface area contributed by atoms with Crippen molar-refractivity contribution in [2.24, 2.45) is 0 Å². The molecule has 5 rings (SSSR count). The Morgan fingerprint density at radius 3 is 2.48 bits per heavy atom. The molecule has 5 heteroatoms. The minimum atomic E-state index is -0.203. The van der Waals surface area contributed by atoms with Crippen molar-refractivity contribution in [1.29, 1.82) is 5.26 Å². The molecule has 0 N–H and O–H groups in total. The molecule has 1 aliphatic rings. The highest BCUT2D eigenvalue weighted by Gasteiger charge is 2.24. The van der Waals surface area contributed by atoms with Crippen LogP contribution < -0.4 is 4.90 Å². The average Bonchev–Trinajstić information content (AvgIpc) is 3.19. The number of nitrogens with zero attached hydrogens (tertiary/aromatic N) is 4. The number of hydrogen-bond donors (Lipinski definition) is 0. The Morgan fingerprint density at radius 1 is 1.00 bits per heavy atom. The highest BCUT2D eigenvalue weighted by Crippen LogP contribution is 2.35. The van der Waals surface area contributed by atoms with Crippen molar-refractivity contribution in [1.82, 2.24) is 9.55 Å². The minimum Gasteiger partial charge on any atom is -0.357 e. The van der Waals surface area contributed by atoms with E-state index < -0.39 is 0 Å².